The first-order valence-corrected chi connectivity index (χ1v) is 8.35. The third-order valence-corrected chi connectivity index (χ3v) is 5.30. The van der Waals surface area contributed by atoms with Crippen molar-refractivity contribution in [3.8, 4) is 0 Å². The van der Waals surface area contributed by atoms with Crippen LogP contribution in [0.15, 0.2) is 48.8 Å². The maximum atomic E-state index is 13.1. The number of hydrogen-bond donors (Lipinski definition) is 1. The molecule has 1 aromatic carbocycles. The summed E-state index contributed by atoms with van der Waals surface area (Å²) in [6.45, 7) is 0.475. The molecule has 4 heterocycles. The van der Waals surface area contributed by atoms with Crippen LogP contribution in [0.4, 0.5) is 0 Å². The zero-order valence-electron chi connectivity index (χ0n) is 13.2. The van der Waals surface area contributed by atoms with E-state index in [0.717, 1.165) is 24.1 Å². The van der Waals surface area contributed by atoms with E-state index >= 15 is 0 Å². The Balaban J connectivity index is 1.54. The molecule has 0 saturated carbocycles. The highest BCUT2D eigenvalue weighted by molar-refractivity contribution is 5.94. The maximum Gasteiger partial charge on any atom is 0.275 e. The van der Waals surface area contributed by atoms with Crippen LogP contribution >= 0.6 is 0 Å². The highest BCUT2D eigenvalue weighted by Crippen LogP contribution is 2.53. The number of amides is 1. The van der Waals surface area contributed by atoms with Crippen LogP contribution in [0.25, 0.3) is 5.65 Å². The number of carbonyl (C=O) groups excluding carboxylic acids is 1. The van der Waals surface area contributed by atoms with Crippen LogP contribution in [-0.2, 0) is 6.54 Å². The second kappa shape index (κ2) is 4.92. The SMILES string of the molecule is NCc1ccc2nc(C(=O)N3C4CCC3c3ccccc34)cn2c1. The summed E-state index contributed by atoms with van der Waals surface area (Å²) >= 11 is 0. The maximum absolute atomic E-state index is 13.1. The number of benzene rings is 1. The number of aromatic nitrogens is 2. The number of hydrogen-bond acceptors (Lipinski definition) is 3. The van der Waals surface area contributed by atoms with Crippen molar-refractivity contribution in [3.63, 3.8) is 0 Å². The first-order chi connectivity index (χ1) is 11.8. The van der Waals surface area contributed by atoms with E-state index in [2.05, 4.69) is 29.2 Å². The molecule has 5 heteroatoms. The van der Waals surface area contributed by atoms with Gasteiger partial charge in [-0.1, -0.05) is 30.3 Å². The molecule has 2 aromatic heterocycles. The van der Waals surface area contributed by atoms with E-state index < -0.39 is 0 Å². The van der Waals surface area contributed by atoms with Gasteiger partial charge in [0, 0.05) is 18.9 Å². The molecule has 0 aliphatic carbocycles. The highest BCUT2D eigenvalue weighted by Gasteiger charge is 2.46. The van der Waals surface area contributed by atoms with Crippen LogP contribution in [0.5, 0.6) is 0 Å². The average Bonchev–Trinajstić information content (AvgIpc) is 3.32. The van der Waals surface area contributed by atoms with Gasteiger partial charge >= 0.3 is 0 Å². The summed E-state index contributed by atoms with van der Waals surface area (Å²) in [5.41, 5.74) is 10.6. The first-order valence-electron chi connectivity index (χ1n) is 8.35. The van der Waals surface area contributed by atoms with Crippen molar-refractivity contribution in [3.05, 3.63) is 71.2 Å². The number of imidazole rings is 1. The van der Waals surface area contributed by atoms with Crippen LogP contribution < -0.4 is 5.73 Å². The molecule has 120 valence electrons. The smallest absolute Gasteiger partial charge is 0.275 e. The number of nitrogens with two attached hydrogens (primary N) is 1. The molecule has 5 nitrogen and oxygen atoms in total. The lowest BCUT2D eigenvalue weighted by Gasteiger charge is -2.21. The number of pyridine rings is 1. The quantitative estimate of drug-likeness (QED) is 0.790. The van der Waals surface area contributed by atoms with Crippen LogP contribution in [0.1, 0.15) is 52.1 Å². The van der Waals surface area contributed by atoms with Crippen molar-refractivity contribution in [2.24, 2.45) is 5.73 Å². The number of rotatable bonds is 2. The highest BCUT2D eigenvalue weighted by atomic mass is 16.2. The average molecular weight is 318 g/mol. The summed E-state index contributed by atoms with van der Waals surface area (Å²) in [6, 6.07) is 12.7. The minimum Gasteiger partial charge on any atom is -0.326 e. The van der Waals surface area contributed by atoms with E-state index in [1.807, 2.05) is 33.8 Å². The minimum atomic E-state index is 0.0247. The molecule has 2 aliphatic rings. The molecular formula is C19H18N4O. The van der Waals surface area contributed by atoms with Gasteiger partial charge in [0.05, 0.1) is 12.1 Å². The van der Waals surface area contributed by atoms with Crippen molar-refractivity contribution >= 4 is 11.6 Å². The molecule has 1 amide bonds. The molecule has 1 saturated heterocycles. The van der Waals surface area contributed by atoms with Crippen molar-refractivity contribution in [1.82, 2.24) is 14.3 Å². The molecule has 2 bridgehead atoms. The van der Waals surface area contributed by atoms with E-state index in [0.29, 0.717) is 12.2 Å². The van der Waals surface area contributed by atoms with E-state index in [1.54, 1.807) is 0 Å². The Labute approximate surface area is 139 Å². The summed E-state index contributed by atoms with van der Waals surface area (Å²) < 4.78 is 1.89. The molecule has 2 aliphatic heterocycles. The molecule has 24 heavy (non-hydrogen) atoms. The van der Waals surface area contributed by atoms with Gasteiger partial charge in [0.2, 0.25) is 0 Å². The largest absolute Gasteiger partial charge is 0.326 e. The van der Waals surface area contributed by atoms with Gasteiger partial charge in [-0.15, -0.1) is 0 Å². The lowest BCUT2D eigenvalue weighted by molar-refractivity contribution is 0.0691. The number of nitrogens with zero attached hydrogens (tertiary/aromatic N) is 3. The molecule has 2 atom stereocenters. The van der Waals surface area contributed by atoms with E-state index in [-0.39, 0.29) is 18.0 Å². The van der Waals surface area contributed by atoms with E-state index in [1.165, 1.54) is 11.1 Å². The van der Waals surface area contributed by atoms with Gasteiger partial charge in [0.1, 0.15) is 11.3 Å². The Morgan fingerprint density at radius 3 is 2.46 bits per heavy atom. The molecule has 0 radical (unpaired) electrons. The fourth-order valence-electron chi connectivity index (χ4n) is 4.22. The third kappa shape index (κ3) is 1.79. The van der Waals surface area contributed by atoms with Gasteiger partial charge in [0.25, 0.3) is 5.91 Å². The summed E-state index contributed by atoms with van der Waals surface area (Å²) in [4.78, 5) is 19.7. The summed E-state index contributed by atoms with van der Waals surface area (Å²) in [5.74, 6) is 0.0247. The zero-order valence-corrected chi connectivity index (χ0v) is 13.2. The predicted molar refractivity (Wildman–Crippen MR) is 90.4 cm³/mol. The van der Waals surface area contributed by atoms with Crippen LogP contribution in [0, 0.1) is 0 Å². The monoisotopic (exact) mass is 318 g/mol. The van der Waals surface area contributed by atoms with Gasteiger partial charge in [-0.25, -0.2) is 4.98 Å². The van der Waals surface area contributed by atoms with Crippen LogP contribution in [0.2, 0.25) is 0 Å². The summed E-state index contributed by atoms with van der Waals surface area (Å²) in [6.07, 6.45) is 5.84. The van der Waals surface area contributed by atoms with Gasteiger partial charge in [-0.05, 0) is 35.6 Å². The van der Waals surface area contributed by atoms with Crippen LogP contribution in [-0.4, -0.2) is 20.2 Å². The Kier molecular flexibility index (Phi) is 2.82. The standard InChI is InChI=1S/C19H18N4O/c20-9-12-5-8-18-21-15(11-22(18)10-12)19(24)23-16-6-7-17(23)14-4-2-1-3-13(14)16/h1-5,8,10-11,16-17H,6-7,9,20H2. The topological polar surface area (TPSA) is 63.6 Å². The molecule has 2 N–H and O–H groups in total. The lowest BCUT2D eigenvalue weighted by Crippen LogP contribution is -2.28. The van der Waals surface area contributed by atoms with Crippen molar-refractivity contribution in [1.29, 1.82) is 0 Å². The molecule has 5 rings (SSSR count). The second-order valence-corrected chi connectivity index (χ2v) is 6.58. The molecule has 0 spiro atoms. The van der Waals surface area contributed by atoms with Crippen molar-refractivity contribution in [2.75, 3.05) is 0 Å². The fourth-order valence-corrected chi connectivity index (χ4v) is 4.22. The van der Waals surface area contributed by atoms with Crippen molar-refractivity contribution in [2.45, 2.75) is 31.5 Å². The summed E-state index contributed by atoms with van der Waals surface area (Å²) in [5, 5.41) is 0. The van der Waals surface area contributed by atoms with Gasteiger partial charge < -0.3 is 15.0 Å². The number of fused-ring (bicyclic) bond motifs is 6. The summed E-state index contributed by atoms with van der Waals surface area (Å²) in [7, 11) is 0. The lowest BCUT2D eigenvalue weighted by atomic mass is 9.92. The Hall–Kier alpha value is -2.66. The third-order valence-electron chi connectivity index (χ3n) is 5.30. The second-order valence-electron chi connectivity index (χ2n) is 6.58. The Morgan fingerprint density at radius 2 is 1.79 bits per heavy atom. The molecule has 2 unspecified atom stereocenters. The number of carbonyl (C=O) groups is 1. The Bertz CT molecular complexity index is 930. The van der Waals surface area contributed by atoms with Gasteiger partial charge in [-0.3, -0.25) is 4.79 Å². The normalized spacial score (nSPS) is 21.5. The Morgan fingerprint density at radius 1 is 1.08 bits per heavy atom. The van der Waals surface area contributed by atoms with Crippen LogP contribution in [0.3, 0.4) is 0 Å². The predicted octanol–water partition coefficient (Wildman–Crippen LogP) is 2.83. The molecule has 3 aromatic rings. The minimum absolute atomic E-state index is 0.0247. The van der Waals surface area contributed by atoms with E-state index in [4.69, 9.17) is 5.73 Å². The zero-order chi connectivity index (χ0) is 16.3. The fraction of sp³-hybridized carbons (Fsp3) is 0.263. The molecular weight excluding hydrogens is 300 g/mol. The van der Waals surface area contributed by atoms with Gasteiger partial charge in [0.15, 0.2) is 0 Å². The van der Waals surface area contributed by atoms with Crippen molar-refractivity contribution < 1.29 is 4.79 Å². The molecule has 1 fully saturated rings. The van der Waals surface area contributed by atoms with Gasteiger partial charge in [-0.2, -0.15) is 0 Å². The van der Waals surface area contributed by atoms with E-state index in [9.17, 15) is 4.79 Å². The first kappa shape index (κ1) is 13.7.